The average Bonchev–Trinajstić information content (AvgIpc) is 3.03. The summed E-state index contributed by atoms with van der Waals surface area (Å²) >= 11 is 0. The molecule has 1 aliphatic rings. The van der Waals surface area contributed by atoms with E-state index in [0.29, 0.717) is 12.0 Å². The lowest BCUT2D eigenvalue weighted by Crippen LogP contribution is -2.09. The highest BCUT2D eigenvalue weighted by Crippen LogP contribution is 2.23. The first-order valence-electron chi connectivity index (χ1n) is 10.8. The number of aromatic nitrogens is 3. The summed E-state index contributed by atoms with van der Waals surface area (Å²) < 4.78 is 4.97. The maximum absolute atomic E-state index is 11.4. The van der Waals surface area contributed by atoms with E-state index in [0.717, 1.165) is 49.5 Å². The molecule has 9 nitrogen and oxygen atoms in total. The quantitative estimate of drug-likeness (QED) is 0.482. The third kappa shape index (κ3) is 6.76. The van der Waals surface area contributed by atoms with E-state index in [-0.39, 0.29) is 12.4 Å². The van der Waals surface area contributed by atoms with Crippen LogP contribution in [0.1, 0.15) is 55.0 Å². The molecular formula is C23H30N6O3. The van der Waals surface area contributed by atoms with Crippen molar-refractivity contribution in [3.8, 4) is 6.01 Å². The van der Waals surface area contributed by atoms with Gasteiger partial charge in [-0.3, -0.25) is 9.79 Å². The number of nitrogens with one attached hydrogen (secondary N) is 1. The van der Waals surface area contributed by atoms with E-state index >= 15 is 0 Å². The largest absolute Gasteiger partial charge is 0.481 e. The summed E-state index contributed by atoms with van der Waals surface area (Å²) in [6, 6.07) is 3.86. The summed E-state index contributed by atoms with van der Waals surface area (Å²) in [4.78, 5) is 29.0. The number of hydrogen-bond acceptors (Lipinski definition) is 8. The molecule has 1 atom stereocenters. The van der Waals surface area contributed by atoms with Gasteiger partial charge < -0.3 is 20.9 Å². The van der Waals surface area contributed by atoms with Gasteiger partial charge >= 0.3 is 12.0 Å². The van der Waals surface area contributed by atoms with Crippen LogP contribution >= 0.6 is 0 Å². The summed E-state index contributed by atoms with van der Waals surface area (Å²) in [5.74, 6) is 0.0455. The van der Waals surface area contributed by atoms with Gasteiger partial charge in [0.2, 0.25) is 0 Å². The first-order valence-corrected chi connectivity index (χ1v) is 10.8. The van der Waals surface area contributed by atoms with Gasteiger partial charge in [-0.1, -0.05) is 6.07 Å². The van der Waals surface area contributed by atoms with Crippen LogP contribution in [0.2, 0.25) is 0 Å². The molecular weight excluding hydrogens is 408 g/mol. The van der Waals surface area contributed by atoms with Gasteiger partial charge in [-0.05, 0) is 62.4 Å². The Kier molecular flexibility index (Phi) is 8.53. The number of nitrogens with two attached hydrogens (primary N) is 1. The van der Waals surface area contributed by atoms with Gasteiger partial charge in [-0.15, -0.1) is 0 Å². The van der Waals surface area contributed by atoms with Crippen LogP contribution in [0.25, 0.3) is 0 Å². The van der Waals surface area contributed by atoms with Crippen LogP contribution < -0.4 is 15.8 Å². The molecule has 0 aromatic carbocycles. The first-order chi connectivity index (χ1) is 15.6. The third-order valence-corrected chi connectivity index (χ3v) is 5.26. The normalized spacial score (nSPS) is 15.0. The number of carbonyl (C=O) groups is 1. The number of carboxylic acid groups (broad SMARTS) is 1. The number of ether oxygens (including phenoxy) is 1. The fourth-order valence-electron chi connectivity index (χ4n) is 3.63. The lowest BCUT2D eigenvalue weighted by atomic mass is 10.1. The van der Waals surface area contributed by atoms with E-state index in [2.05, 4.69) is 32.4 Å². The SMILES string of the molecule is COc1ncc(C(CC(=O)O)N=C(C=CN)CCCc2ccc3c(n2)NCCCC3)cn1. The molecule has 0 fully saturated rings. The van der Waals surface area contributed by atoms with Crippen LogP contribution in [-0.4, -0.2) is 45.4 Å². The van der Waals surface area contributed by atoms with Gasteiger partial charge in [-0.25, -0.2) is 15.0 Å². The molecule has 32 heavy (non-hydrogen) atoms. The highest BCUT2D eigenvalue weighted by molar-refractivity contribution is 5.95. The average molecular weight is 439 g/mol. The van der Waals surface area contributed by atoms with Crippen molar-refractivity contribution in [2.45, 2.75) is 51.0 Å². The van der Waals surface area contributed by atoms with Gasteiger partial charge in [0.05, 0.1) is 19.6 Å². The van der Waals surface area contributed by atoms with Gasteiger partial charge in [0.1, 0.15) is 5.82 Å². The van der Waals surface area contributed by atoms with Crippen molar-refractivity contribution in [1.82, 2.24) is 15.0 Å². The van der Waals surface area contributed by atoms with E-state index in [1.807, 2.05) is 0 Å². The number of rotatable bonds is 10. The second-order valence-corrected chi connectivity index (χ2v) is 7.64. The Morgan fingerprint density at radius 3 is 2.88 bits per heavy atom. The number of aliphatic imine (C=N–C) groups is 1. The summed E-state index contributed by atoms with van der Waals surface area (Å²) in [6.07, 6.45) is 11.7. The Morgan fingerprint density at radius 1 is 1.34 bits per heavy atom. The highest BCUT2D eigenvalue weighted by atomic mass is 16.5. The molecule has 3 rings (SSSR count). The summed E-state index contributed by atoms with van der Waals surface area (Å²) in [5, 5.41) is 12.8. The van der Waals surface area contributed by atoms with Crippen LogP contribution in [0.15, 0.2) is 41.8 Å². The van der Waals surface area contributed by atoms with E-state index in [1.165, 1.54) is 25.3 Å². The van der Waals surface area contributed by atoms with Crippen molar-refractivity contribution in [2.75, 3.05) is 19.0 Å². The second-order valence-electron chi connectivity index (χ2n) is 7.64. The van der Waals surface area contributed by atoms with E-state index < -0.39 is 12.0 Å². The standard InChI is InChI=1S/C23H30N6O3/c1-32-23-26-14-17(15-27-23)20(13-21(30)31)28-19(10-11-24)7-4-6-18-9-8-16-5-2-3-12-25-22(16)29-18/h8-11,14-15,20H,2-7,12-13,24H2,1H3,(H,25,29)(H,30,31). The van der Waals surface area contributed by atoms with Gasteiger partial charge in [0.25, 0.3) is 0 Å². The Hall–Kier alpha value is -3.49. The topological polar surface area (TPSA) is 136 Å². The molecule has 0 saturated carbocycles. The fourth-order valence-corrected chi connectivity index (χ4v) is 3.63. The third-order valence-electron chi connectivity index (χ3n) is 5.26. The number of carboxylic acids is 1. The summed E-state index contributed by atoms with van der Waals surface area (Å²) in [5.41, 5.74) is 9.25. The molecule has 170 valence electrons. The zero-order valence-electron chi connectivity index (χ0n) is 18.3. The summed E-state index contributed by atoms with van der Waals surface area (Å²) in [7, 11) is 1.47. The zero-order valence-corrected chi connectivity index (χ0v) is 18.3. The Balaban J connectivity index is 1.69. The second kappa shape index (κ2) is 11.8. The molecule has 0 saturated heterocycles. The molecule has 9 heteroatoms. The Morgan fingerprint density at radius 2 is 2.16 bits per heavy atom. The fraction of sp³-hybridized carbons (Fsp3) is 0.435. The number of methoxy groups -OCH3 is 1. The van der Waals surface area contributed by atoms with Crippen LogP contribution in [-0.2, 0) is 17.6 Å². The molecule has 2 aromatic rings. The lowest BCUT2D eigenvalue weighted by Gasteiger charge is -2.13. The number of aliphatic carboxylic acids is 1. The van der Waals surface area contributed by atoms with Gasteiger partial charge in [0, 0.05) is 35.9 Å². The number of aryl methyl sites for hydroxylation is 2. The van der Waals surface area contributed by atoms with Gasteiger partial charge in [0.15, 0.2) is 0 Å². The Bertz CT molecular complexity index is 959. The number of fused-ring (bicyclic) bond motifs is 1. The first kappa shape index (κ1) is 23.2. The maximum atomic E-state index is 11.4. The van der Waals surface area contributed by atoms with E-state index in [9.17, 15) is 9.90 Å². The van der Waals surface area contributed by atoms with Crippen molar-refractivity contribution >= 4 is 17.5 Å². The minimum absolute atomic E-state index is 0.171. The van der Waals surface area contributed by atoms with Crippen molar-refractivity contribution in [3.05, 3.63) is 53.6 Å². The number of anilines is 1. The van der Waals surface area contributed by atoms with Crippen molar-refractivity contribution < 1.29 is 14.6 Å². The molecule has 0 spiro atoms. The van der Waals surface area contributed by atoms with Crippen molar-refractivity contribution in [3.63, 3.8) is 0 Å². The van der Waals surface area contributed by atoms with E-state index in [1.54, 1.807) is 18.5 Å². The minimum Gasteiger partial charge on any atom is -0.481 e. The molecule has 1 aliphatic heterocycles. The van der Waals surface area contributed by atoms with Crippen LogP contribution in [0, 0.1) is 0 Å². The molecule has 3 heterocycles. The monoisotopic (exact) mass is 438 g/mol. The summed E-state index contributed by atoms with van der Waals surface area (Å²) in [6.45, 7) is 0.960. The molecule has 0 bridgehead atoms. The molecule has 4 N–H and O–H groups in total. The molecule has 0 radical (unpaired) electrons. The van der Waals surface area contributed by atoms with E-state index in [4.69, 9.17) is 15.5 Å². The zero-order chi connectivity index (χ0) is 22.8. The number of allylic oxidation sites excluding steroid dienone is 1. The lowest BCUT2D eigenvalue weighted by molar-refractivity contribution is -0.137. The molecule has 0 aliphatic carbocycles. The van der Waals surface area contributed by atoms with Crippen molar-refractivity contribution in [1.29, 1.82) is 0 Å². The molecule has 1 unspecified atom stereocenters. The number of hydrogen-bond donors (Lipinski definition) is 3. The van der Waals surface area contributed by atoms with Crippen LogP contribution in [0.3, 0.4) is 0 Å². The van der Waals surface area contributed by atoms with Crippen molar-refractivity contribution in [2.24, 2.45) is 10.7 Å². The number of pyridine rings is 1. The minimum atomic E-state index is -0.952. The maximum Gasteiger partial charge on any atom is 0.316 e. The van der Waals surface area contributed by atoms with Gasteiger partial charge in [-0.2, -0.15) is 0 Å². The Labute approximate surface area is 187 Å². The smallest absolute Gasteiger partial charge is 0.316 e. The van der Waals surface area contributed by atoms with Crippen LogP contribution in [0.5, 0.6) is 6.01 Å². The molecule has 2 aromatic heterocycles. The number of nitrogens with zero attached hydrogens (tertiary/aromatic N) is 4. The highest BCUT2D eigenvalue weighted by Gasteiger charge is 2.17. The predicted molar refractivity (Wildman–Crippen MR) is 123 cm³/mol. The van der Waals surface area contributed by atoms with Crippen LogP contribution in [0.4, 0.5) is 5.82 Å². The molecule has 0 amide bonds. The predicted octanol–water partition coefficient (Wildman–Crippen LogP) is 3.08.